The summed E-state index contributed by atoms with van der Waals surface area (Å²) in [5.74, 6) is -2.43. The Kier molecular flexibility index (Phi) is 7.33. The standard InChI is InChI=1S/C24H21F2N3O2S/c1-3-4-11-28-22(30)18(14-27)24-29(20-10-9-17(25)13-19(20)26)23(31)21(32-24)12-16-7-5-15(2)6-8-16/h5-10,12-13H,3-4,11H2,1-2H3,(H,28,30)/b21-12-,24-18-. The molecule has 8 heteroatoms. The molecule has 0 fully saturated rings. The van der Waals surface area contributed by atoms with Crippen molar-refractivity contribution < 1.29 is 13.6 Å². The Morgan fingerprint density at radius 3 is 2.56 bits per heavy atom. The van der Waals surface area contributed by atoms with E-state index in [2.05, 4.69) is 5.32 Å². The molecule has 2 aromatic carbocycles. The number of amides is 1. The minimum absolute atomic E-state index is 0.0182. The largest absolute Gasteiger partial charge is 0.351 e. The Labute approximate surface area is 187 Å². The molecule has 1 amide bonds. The van der Waals surface area contributed by atoms with Crippen LogP contribution in [0.1, 0.15) is 30.9 Å². The quantitative estimate of drug-likeness (QED) is 0.584. The van der Waals surface area contributed by atoms with Crippen molar-refractivity contribution in [1.82, 2.24) is 9.88 Å². The van der Waals surface area contributed by atoms with E-state index in [1.54, 1.807) is 6.08 Å². The van der Waals surface area contributed by atoms with Crippen molar-refractivity contribution in [2.45, 2.75) is 26.7 Å². The Morgan fingerprint density at radius 2 is 1.94 bits per heavy atom. The van der Waals surface area contributed by atoms with Crippen molar-refractivity contribution in [2.75, 3.05) is 6.54 Å². The number of aryl methyl sites for hydroxylation is 1. The summed E-state index contributed by atoms with van der Waals surface area (Å²) in [5, 5.41) is 12.3. The first kappa shape index (κ1) is 23.1. The minimum Gasteiger partial charge on any atom is -0.351 e. The van der Waals surface area contributed by atoms with Crippen LogP contribution in [0.4, 0.5) is 8.78 Å². The summed E-state index contributed by atoms with van der Waals surface area (Å²) in [7, 11) is 0. The molecule has 0 saturated heterocycles. The molecule has 1 heterocycles. The van der Waals surface area contributed by atoms with Gasteiger partial charge in [0.05, 0.1) is 10.2 Å². The van der Waals surface area contributed by atoms with Crippen LogP contribution in [0.15, 0.2) is 47.3 Å². The molecular weight excluding hydrogens is 432 g/mol. The number of nitriles is 1. The van der Waals surface area contributed by atoms with Crippen LogP contribution in [0.3, 0.4) is 0 Å². The summed E-state index contributed by atoms with van der Waals surface area (Å²) in [4.78, 5) is 25.9. The zero-order valence-electron chi connectivity index (χ0n) is 17.6. The van der Waals surface area contributed by atoms with E-state index in [-0.39, 0.29) is 20.5 Å². The van der Waals surface area contributed by atoms with E-state index in [1.165, 1.54) is 0 Å². The van der Waals surface area contributed by atoms with Crippen LogP contribution in [-0.4, -0.2) is 17.0 Å². The van der Waals surface area contributed by atoms with Crippen molar-refractivity contribution in [3.05, 3.63) is 84.8 Å². The first-order valence-electron chi connectivity index (χ1n) is 10.0. The predicted octanol–water partition coefficient (Wildman–Crippen LogP) is 2.91. The molecule has 5 nitrogen and oxygen atoms in total. The smallest absolute Gasteiger partial charge is 0.273 e. The van der Waals surface area contributed by atoms with Gasteiger partial charge in [0.1, 0.15) is 22.4 Å². The number of nitrogens with one attached hydrogen (secondary N) is 1. The highest BCUT2D eigenvalue weighted by Crippen LogP contribution is 2.12. The zero-order valence-corrected chi connectivity index (χ0v) is 18.4. The van der Waals surface area contributed by atoms with Crippen LogP contribution in [0, 0.1) is 29.9 Å². The Balaban J connectivity index is 2.32. The molecule has 164 valence electrons. The van der Waals surface area contributed by atoms with Gasteiger partial charge in [-0.05, 0) is 37.1 Å². The number of hydrogen-bond acceptors (Lipinski definition) is 4. The lowest BCUT2D eigenvalue weighted by atomic mass is 10.1. The number of nitrogens with zero attached hydrogens (tertiary/aromatic N) is 2. The number of aromatic nitrogens is 1. The number of halogens is 2. The van der Waals surface area contributed by atoms with Crippen LogP contribution in [-0.2, 0) is 4.79 Å². The summed E-state index contributed by atoms with van der Waals surface area (Å²) in [6.45, 7) is 4.26. The van der Waals surface area contributed by atoms with Gasteiger partial charge in [-0.3, -0.25) is 14.2 Å². The fourth-order valence-corrected chi connectivity index (χ4v) is 4.10. The molecule has 0 saturated carbocycles. The zero-order chi connectivity index (χ0) is 23.3. The number of hydrogen-bond donors (Lipinski definition) is 1. The number of benzene rings is 2. The van der Waals surface area contributed by atoms with E-state index in [9.17, 15) is 23.6 Å². The van der Waals surface area contributed by atoms with E-state index in [1.807, 2.05) is 44.2 Å². The van der Waals surface area contributed by atoms with Gasteiger partial charge in [-0.25, -0.2) is 8.78 Å². The molecule has 0 aliphatic rings. The van der Waals surface area contributed by atoms with E-state index >= 15 is 0 Å². The third kappa shape index (κ3) is 5.01. The van der Waals surface area contributed by atoms with Crippen molar-refractivity contribution in [3.63, 3.8) is 0 Å². The Bertz CT molecular complexity index is 1370. The summed E-state index contributed by atoms with van der Waals surface area (Å²) in [6, 6.07) is 12.0. The van der Waals surface area contributed by atoms with Crippen LogP contribution in [0.2, 0.25) is 0 Å². The lowest BCUT2D eigenvalue weighted by Gasteiger charge is -2.06. The van der Waals surface area contributed by atoms with Gasteiger partial charge >= 0.3 is 0 Å². The van der Waals surface area contributed by atoms with E-state index in [0.29, 0.717) is 12.6 Å². The van der Waals surface area contributed by atoms with Gasteiger partial charge in [0.25, 0.3) is 11.5 Å². The van der Waals surface area contributed by atoms with Crippen LogP contribution >= 0.6 is 11.3 Å². The molecule has 0 unspecified atom stereocenters. The molecule has 0 radical (unpaired) electrons. The van der Waals surface area contributed by atoms with Gasteiger partial charge in [-0.15, -0.1) is 11.3 Å². The van der Waals surface area contributed by atoms with E-state index in [0.717, 1.165) is 52.0 Å². The van der Waals surface area contributed by atoms with Gasteiger partial charge in [0.15, 0.2) is 5.57 Å². The molecular formula is C24H21F2N3O2S. The Morgan fingerprint density at radius 1 is 1.22 bits per heavy atom. The molecule has 3 aromatic rings. The van der Waals surface area contributed by atoms with Crippen molar-refractivity contribution in [3.8, 4) is 11.8 Å². The van der Waals surface area contributed by atoms with Gasteiger partial charge < -0.3 is 5.32 Å². The molecule has 0 aliphatic carbocycles. The van der Waals surface area contributed by atoms with Crippen molar-refractivity contribution in [1.29, 1.82) is 5.26 Å². The molecule has 0 spiro atoms. The van der Waals surface area contributed by atoms with Crippen molar-refractivity contribution in [2.24, 2.45) is 0 Å². The summed E-state index contributed by atoms with van der Waals surface area (Å²) in [5.41, 5.74) is 0.628. The molecule has 0 atom stereocenters. The first-order chi connectivity index (χ1) is 15.3. The Hall–Kier alpha value is -3.57. The average molecular weight is 454 g/mol. The maximum atomic E-state index is 14.6. The maximum Gasteiger partial charge on any atom is 0.273 e. The van der Waals surface area contributed by atoms with E-state index in [4.69, 9.17) is 0 Å². The summed E-state index contributed by atoms with van der Waals surface area (Å²) in [6.07, 6.45) is 3.18. The fourth-order valence-electron chi connectivity index (χ4n) is 3.01. The normalized spacial score (nSPS) is 12.4. The van der Waals surface area contributed by atoms with Crippen LogP contribution < -0.4 is 20.1 Å². The minimum atomic E-state index is -0.975. The SMILES string of the molecule is CCCCNC(=O)/C(C#N)=c1\s/c(=C\c2ccc(C)cc2)c(=O)n1-c1ccc(F)cc1F. The molecule has 1 N–H and O–H groups in total. The van der Waals surface area contributed by atoms with Gasteiger partial charge in [-0.2, -0.15) is 5.26 Å². The van der Waals surface area contributed by atoms with Gasteiger partial charge in [0, 0.05) is 12.6 Å². The second-order valence-electron chi connectivity index (χ2n) is 7.16. The first-order valence-corrected chi connectivity index (χ1v) is 10.9. The monoisotopic (exact) mass is 453 g/mol. The van der Waals surface area contributed by atoms with Gasteiger partial charge in [0.2, 0.25) is 0 Å². The fraction of sp³-hybridized carbons (Fsp3) is 0.208. The third-order valence-electron chi connectivity index (χ3n) is 4.72. The van der Waals surface area contributed by atoms with Gasteiger partial charge in [-0.1, -0.05) is 43.2 Å². The number of carbonyl (C=O) groups excluding carboxylic acids is 1. The van der Waals surface area contributed by atoms with Crippen LogP contribution in [0.25, 0.3) is 17.3 Å². The molecule has 0 aliphatic heterocycles. The number of rotatable bonds is 6. The second-order valence-corrected chi connectivity index (χ2v) is 8.19. The highest BCUT2D eigenvalue weighted by molar-refractivity contribution is 7.07. The topological polar surface area (TPSA) is 74.9 Å². The van der Waals surface area contributed by atoms with Crippen molar-refractivity contribution >= 4 is 28.9 Å². The molecule has 3 rings (SSSR count). The lowest BCUT2D eigenvalue weighted by molar-refractivity contribution is -0.115. The highest BCUT2D eigenvalue weighted by atomic mass is 32.1. The number of carbonyl (C=O) groups is 1. The average Bonchev–Trinajstić information content (AvgIpc) is 3.06. The predicted molar refractivity (Wildman–Crippen MR) is 121 cm³/mol. The lowest BCUT2D eigenvalue weighted by Crippen LogP contribution is -2.34. The van der Waals surface area contributed by atoms with E-state index < -0.39 is 23.1 Å². The third-order valence-corrected chi connectivity index (χ3v) is 5.81. The maximum absolute atomic E-state index is 14.6. The summed E-state index contributed by atoms with van der Waals surface area (Å²) >= 11 is 0.907. The number of thiazole rings is 1. The summed E-state index contributed by atoms with van der Waals surface area (Å²) < 4.78 is 29.2. The second kappa shape index (κ2) is 10.2. The number of unbranched alkanes of at least 4 members (excludes halogenated alkanes) is 1. The molecule has 0 bridgehead atoms. The van der Waals surface area contributed by atoms with Crippen LogP contribution in [0.5, 0.6) is 0 Å². The highest BCUT2D eigenvalue weighted by Gasteiger charge is 2.18. The molecule has 32 heavy (non-hydrogen) atoms. The molecule has 1 aromatic heterocycles.